The Hall–Kier alpha value is -1.64. The Morgan fingerprint density at radius 1 is 0.903 bits per heavy atom. The van der Waals surface area contributed by atoms with Gasteiger partial charge in [0.1, 0.15) is 6.10 Å². The number of carboxylic acids is 1. The number of methoxy groups -OCH3 is 1. The Labute approximate surface area is 182 Å². The Balaban J connectivity index is -0.000000465. The molecule has 7 N–H and O–H groups in total. The first-order valence-corrected chi connectivity index (χ1v) is 9.25. The smallest absolute Gasteiger partial charge is 0.327 e. The summed E-state index contributed by atoms with van der Waals surface area (Å²) in [5, 5.41) is 61.8. The number of hydrogen-bond acceptors (Lipinski definition) is 11. The van der Waals surface area contributed by atoms with Crippen molar-refractivity contribution in [2.45, 2.75) is 20.0 Å². The van der Waals surface area contributed by atoms with Crippen molar-refractivity contribution in [2.24, 2.45) is 10.8 Å². The Morgan fingerprint density at radius 2 is 1.23 bits per heavy atom. The molecule has 1 atom stereocenters. The van der Waals surface area contributed by atoms with Gasteiger partial charge in [0.15, 0.2) is 0 Å². The molecule has 31 heavy (non-hydrogen) atoms. The molecule has 0 aromatic carbocycles. The van der Waals surface area contributed by atoms with Crippen LogP contribution in [0.4, 0.5) is 0 Å². The summed E-state index contributed by atoms with van der Waals surface area (Å²) in [5.74, 6) is -1.25. The maximum Gasteiger partial charge on any atom is 0.327 e. The molecule has 1 unspecified atom stereocenters. The van der Waals surface area contributed by atoms with Crippen LogP contribution in [0.5, 0.6) is 0 Å². The van der Waals surface area contributed by atoms with Crippen molar-refractivity contribution in [3.8, 4) is 0 Å². The van der Waals surface area contributed by atoms with Gasteiger partial charge in [0.2, 0.25) is 0 Å². The van der Waals surface area contributed by atoms with Crippen LogP contribution in [0.25, 0.3) is 0 Å². The predicted octanol–water partition coefficient (Wildman–Crippen LogP) is -2.23. The summed E-state index contributed by atoms with van der Waals surface area (Å²) in [7, 11) is 1.57. The second-order valence-corrected chi connectivity index (χ2v) is 6.86. The lowest BCUT2D eigenvalue weighted by atomic mass is 9.91. The molecule has 0 aromatic heterocycles. The number of aliphatic hydroxyl groups is 6. The zero-order valence-corrected chi connectivity index (χ0v) is 18.4. The molecule has 0 aliphatic carbocycles. The number of aliphatic hydroxyl groups excluding tert-OH is 6. The molecule has 0 heterocycles. The maximum atomic E-state index is 10.3. The van der Waals surface area contributed by atoms with Crippen molar-refractivity contribution in [1.82, 2.24) is 0 Å². The number of ether oxygens (including phenoxy) is 3. The van der Waals surface area contributed by atoms with Crippen LogP contribution in [0.2, 0.25) is 0 Å². The van der Waals surface area contributed by atoms with E-state index >= 15 is 0 Å². The first-order chi connectivity index (χ1) is 14.5. The standard InChI is InChI=1S/C10H22O7.C6H12O3.C3H4O2/c11-1-9(2-12,3-13)7-17-8-10(4-14,5-15)6-16;1-5(4-8-3)9-6(2)7;1-2-3(4)5/h11-16H,1-8H2;5H,4H2,1-3H3;2H,1H2,(H,4,5). The van der Waals surface area contributed by atoms with Gasteiger partial charge in [0.05, 0.1) is 70.3 Å². The van der Waals surface area contributed by atoms with Gasteiger partial charge >= 0.3 is 11.9 Å². The molecule has 0 fully saturated rings. The highest BCUT2D eigenvalue weighted by atomic mass is 16.6. The van der Waals surface area contributed by atoms with Crippen LogP contribution in [0.1, 0.15) is 13.8 Å². The second-order valence-electron chi connectivity index (χ2n) is 6.86. The van der Waals surface area contributed by atoms with Crippen LogP contribution >= 0.6 is 0 Å². The van der Waals surface area contributed by atoms with Crippen molar-refractivity contribution in [3.05, 3.63) is 12.7 Å². The van der Waals surface area contributed by atoms with Crippen LogP contribution in [0, 0.1) is 10.8 Å². The minimum Gasteiger partial charge on any atom is -0.478 e. The minimum absolute atomic E-state index is 0.132. The lowest BCUT2D eigenvalue weighted by Crippen LogP contribution is -2.43. The van der Waals surface area contributed by atoms with Gasteiger partial charge in [-0.1, -0.05) is 6.58 Å². The highest BCUT2D eigenvalue weighted by Gasteiger charge is 2.32. The van der Waals surface area contributed by atoms with Crippen molar-refractivity contribution in [2.75, 3.05) is 66.6 Å². The van der Waals surface area contributed by atoms with E-state index in [1.807, 2.05) is 0 Å². The summed E-state index contributed by atoms with van der Waals surface area (Å²) < 4.78 is 14.6. The number of carboxylic acid groups (broad SMARTS) is 1. The molecule has 0 spiro atoms. The fourth-order valence-electron chi connectivity index (χ4n) is 1.61. The van der Waals surface area contributed by atoms with E-state index in [1.54, 1.807) is 14.0 Å². The molecule has 0 aliphatic rings. The average molecular weight is 459 g/mol. The maximum absolute atomic E-state index is 10.3. The molecule has 0 aliphatic heterocycles. The number of esters is 1. The van der Waals surface area contributed by atoms with Crippen LogP contribution in [0.3, 0.4) is 0 Å². The molecule has 0 saturated heterocycles. The monoisotopic (exact) mass is 458 g/mol. The van der Waals surface area contributed by atoms with Crippen molar-refractivity contribution >= 4 is 11.9 Å². The van der Waals surface area contributed by atoms with E-state index in [-0.39, 0.29) is 25.3 Å². The van der Waals surface area contributed by atoms with Gasteiger partial charge in [0.25, 0.3) is 0 Å². The summed E-state index contributed by atoms with van der Waals surface area (Å²) in [6.07, 6.45) is 0.701. The number of hydrogen-bond donors (Lipinski definition) is 7. The average Bonchev–Trinajstić information content (AvgIpc) is 2.75. The molecule has 0 radical (unpaired) electrons. The van der Waals surface area contributed by atoms with E-state index in [0.29, 0.717) is 6.61 Å². The van der Waals surface area contributed by atoms with Crippen molar-refractivity contribution < 1.29 is 59.5 Å². The number of aliphatic carboxylic acids is 1. The van der Waals surface area contributed by atoms with Gasteiger partial charge in [-0.25, -0.2) is 4.79 Å². The molecule has 0 aromatic rings. The van der Waals surface area contributed by atoms with E-state index in [9.17, 15) is 9.59 Å². The predicted molar refractivity (Wildman–Crippen MR) is 109 cm³/mol. The van der Waals surface area contributed by atoms with Crippen LogP contribution in [-0.2, 0) is 23.8 Å². The second kappa shape index (κ2) is 20.3. The molecular weight excluding hydrogens is 420 g/mol. The molecule has 0 bridgehead atoms. The highest BCUT2D eigenvalue weighted by Crippen LogP contribution is 2.19. The fraction of sp³-hybridized carbons (Fsp3) is 0.789. The number of rotatable bonds is 14. The van der Waals surface area contributed by atoms with Crippen LogP contribution in [0.15, 0.2) is 12.7 Å². The van der Waals surface area contributed by atoms with E-state index < -0.39 is 56.4 Å². The first-order valence-electron chi connectivity index (χ1n) is 9.25. The molecule has 12 nitrogen and oxygen atoms in total. The molecule has 0 rings (SSSR count). The Kier molecular flexibility index (Phi) is 22.2. The SMILES string of the molecule is C=CC(=O)O.COCC(C)OC(C)=O.OCC(CO)(CO)COCC(CO)(CO)CO. The van der Waals surface area contributed by atoms with Gasteiger partial charge in [-0.05, 0) is 6.92 Å². The van der Waals surface area contributed by atoms with Gasteiger partial charge < -0.3 is 50.0 Å². The Bertz CT molecular complexity index is 424. The van der Waals surface area contributed by atoms with Gasteiger partial charge in [-0.15, -0.1) is 0 Å². The van der Waals surface area contributed by atoms with E-state index in [2.05, 4.69) is 6.58 Å². The summed E-state index contributed by atoms with van der Waals surface area (Å²) in [6, 6.07) is 0. The normalized spacial score (nSPS) is 11.9. The highest BCUT2D eigenvalue weighted by molar-refractivity contribution is 5.78. The van der Waals surface area contributed by atoms with E-state index in [0.717, 1.165) is 6.08 Å². The fourth-order valence-corrected chi connectivity index (χ4v) is 1.61. The molecular formula is C19H38O12. The summed E-state index contributed by atoms with van der Waals surface area (Å²) in [4.78, 5) is 19.5. The third kappa shape index (κ3) is 17.7. The van der Waals surface area contributed by atoms with Crippen molar-refractivity contribution in [3.63, 3.8) is 0 Å². The lowest BCUT2D eigenvalue weighted by Gasteiger charge is -2.31. The zero-order chi connectivity index (χ0) is 24.9. The topological polar surface area (TPSA) is 203 Å². The molecule has 0 saturated carbocycles. The van der Waals surface area contributed by atoms with E-state index in [1.165, 1.54) is 6.92 Å². The van der Waals surface area contributed by atoms with Gasteiger partial charge in [0, 0.05) is 20.1 Å². The summed E-state index contributed by atoms with van der Waals surface area (Å²) in [6.45, 7) is 3.58. The van der Waals surface area contributed by atoms with Gasteiger partial charge in [-0.3, -0.25) is 4.79 Å². The van der Waals surface area contributed by atoms with Crippen molar-refractivity contribution in [1.29, 1.82) is 0 Å². The lowest BCUT2D eigenvalue weighted by molar-refractivity contribution is -0.147. The third-order valence-corrected chi connectivity index (χ3v) is 3.77. The summed E-state index contributed by atoms with van der Waals surface area (Å²) in [5.41, 5.74) is -2.32. The largest absolute Gasteiger partial charge is 0.478 e. The molecule has 0 amide bonds. The van der Waals surface area contributed by atoms with Crippen LogP contribution in [-0.4, -0.2) is 120 Å². The quantitative estimate of drug-likeness (QED) is 0.109. The number of carbonyl (C=O) groups is 2. The minimum atomic E-state index is -1.16. The number of carbonyl (C=O) groups excluding carboxylic acids is 1. The molecule has 12 heteroatoms. The third-order valence-electron chi connectivity index (χ3n) is 3.77. The zero-order valence-electron chi connectivity index (χ0n) is 18.4. The van der Waals surface area contributed by atoms with Crippen LogP contribution < -0.4 is 0 Å². The Morgan fingerprint density at radius 3 is 1.42 bits per heavy atom. The van der Waals surface area contributed by atoms with E-state index in [4.69, 9.17) is 50.0 Å². The molecule has 186 valence electrons. The first kappa shape index (κ1) is 34.0. The summed E-state index contributed by atoms with van der Waals surface area (Å²) >= 11 is 0. The van der Waals surface area contributed by atoms with Gasteiger partial charge in [-0.2, -0.15) is 0 Å².